The Morgan fingerprint density at radius 2 is 1.76 bits per heavy atom. The molecule has 2 aromatic carbocycles. The van der Waals surface area contributed by atoms with E-state index in [4.69, 9.17) is 4.74 Å². The number of aliphatic hydroxyl groups is 1. The Kier molecular flexibility index (Phi) is 6.42. The van der Waals surface area contributed by atoms with E-state index in [9.17, 15) is 14.7 Å². The lowest BCUT2D eigenvalue weighted by molar-refractivity contribution is -0.161. The average Bonchev–Trinajstić information content (AvgIpc) is 3.17. The van der Waals surface area contributed by atoms with Gasteiger partial charge in [0.15, 0.2) is 0 Å². The minimum atomic E-state index is -1.39. The van der Waals surface area contributed by atoms with Crippen LogP contribution in [0.2, 0.25) is 0 Å². The molecule has 0 saturated carbocycles. The summed E-state index contributed by atoms with van der Waals surface area (Å²) in [5.41, 5.74) is 2.15. The number of benzene rings is 2. The number of H-pyrrole nitrogens is 2. The number of rotatable bonds is 7. The maximum absolute atomic E-state index is 13.4. The molecule has 1 heterocycles. The predicted molar refractivity (Wildman–Crippen MR) is 127 cm³/mol. The van der Waals surface area contributed by atoms with Gasteiger partial charge in [0.1, 0.15) is 6.61 Å². The number of nitrogens with one attached hydrogen (secondary N) is 2. The Morgan fingerprint density at radius 1 is 1.09 bits per heavy atom. The van der Waals surface area contributed by atoms with Gasteiger partial charge in [-0.1, -0.05) is 42.5 Å². The van der Waals surface area contributed by atoms with Crippen molar-refractivity contribution in [1.82, 2.24) is 10.2 Å². The zero-order chi connectivity index (χ0) is 23.6. The molecule has 0 aliphatic heterocycles. The summed E-state index contributed by atoms with van der Waals surface area (Å²) in [5.74, 6) is -2.08. The fourth-order valence-corrected chi connectivity index (χ4v) is 4.91. The first-order valence-corrected chi connectivity index (χ1v) is 11.4. The number of anilines is 1. The lowest BCUT2D eigenvalue weighted by atomic mass is 9.66. The first-order valence-electron chi connectivity index (χ1n) is 11.4. The van der Waals surface area contributed by atoms with Crippen molar-refractivity contribution in [1.29, 1.82) is 0 Å². The zero-order valence-electron chi connectivity index (χ0n) is 19.3. The molecule has 7 heteroatoms. The summed E-state index contributed by atoms with van der Waals surface area (Å²) < 4.78 is 5.65. The summed E-state index contributed by atoms with van der Waals surface area (Å²) in [7, 11) is 0. The van der Waals surface area contributed by atoms with Crippen LogP contribution in [0, 0.1) is 5.92 Å². The van der Waals surface area contributed by atoms with Gasteiger partial charge in [-0.15, -0.1) is 0 Å². The molecule has 0 radical (unpaired) electrons. The molecule has 33 heavy (non-hydrogen) atoms. The quantitative estimate of drug-likeness (QED) is 0.481. The van der Waals surface area contributed by atoms with Gasteiger partial charge in [0.2, 0.25) is 0 Å². The molecule has 0 spiro atoms. The molecular weight excluding hydrogens is 418 g/mol. The number of esters is 1. The number of carbonyl (C=O) groups excluding carboxylic acids is 1. The van der Waals surface area contributed by atoms with E-state index in [1.54, 1.807) is 6.92 Å². The van der Waals surface area contributed by atoms with Crippen LogP contribution in [-0.2, 0) is 22.6 Å². The van der Waals surface area contributed by atoms with Crippen molar-refractivity contribution in [3.8, 4) is 0 Å². The third-order valence-electron chi connectivity index (χ3n) is 6.60. The van der Waals surface area contributed by atoms with Crippen LogP contribution in [0.3, 0.4) is 0 Å². The molecule has 3 N–H and O–H groups in total. The lowest BCUT2D eigenvalue weighted by Gasteiger charge is -2.40. The third-order valence-corrected chi connectivity index (χ3v) is 6.60. The normalized spacial score (nSPS) is 21.9. The second-order valence-electron chi connectivity index (χ2n) is 8.82. The van der Waals surface area contributed by atoms with Crippen molar-refractivity contribution >= 4 is 11.7 Å². The molecule has 0 amide bonds. The third kappa shape index (κ3) is 4.46. The molecule has 3 atom stereocenters. The van der Waals surface area contributed by atoms with Gasteiger partial charge >= 0.3 is 5.97 Å². The van der Waals surface area contributed by atoms with Gasteiger partial charge in [-0.2, -0.15) is 0 Å². The van der Waals surface area contributed by atoms with E-state index in [-0.39, 0.29) is 18.6 Å². The largest absolute Gasteiger partial charge is 0.460 e. The highest BCUT2D eigenvalue weighted by Gasteiger charge is 2.51. The summed E-state index contributed by atoms with van der Waals surface area (Å²) in [6, 6.07) is 17.3. The highest BCUT2D eigenvalue weighted by Crippen LogP contribution is 2.44. The van der Waals surface area contributed by atoms with Crippen molar-refractivity contribution in [2.45, 2.75) is 45.3 Å². The van der Waals surface area contributed by atoms with Gasteiger partial charge in [-0.05, 0) is 44.0 Å². The Hall–Kier alpha value is -3.32. The van der Waals surface area contributed by atoms with Crippen LogP contribution in [0.25, 0.3) is 0 Å². The van der Waals surface area contributed by atoms with E-state index in [2.05, 4.69) is 28.9 Å². The summed E-state index contributed by atoms with van der Waals surface area (Å²) >= 11 is 0. The number of nitrogens with zero attached hydrogens (tertiary/aromatic N) is 1. The first kappa shape index (κ1) is 22.9. The maximum atomic E-state index is 13.4. The Labute approximate surface area is 193 Å². The Bertz CT molecular complexity index is 1140. The summed E-state index contributed by atoms with van der Waals surface area (Å²) in [4.78, 5) is 28.3. The number of hydrogen-bond acceptors (Lipinski definition) is 5. The number of ether oxygens (including phenoxy) is 1. The SMILES string of the molecule is CCN(CC)c1ccc([C@@H]2c3c([nH][nH]c3=O)C[C@](C)(O)[C@H]2C(=O)OCc2ccccc2)cc1. The van der Waals surface area contributed by atoms with Crippen molar-refractivity contribution in [2.24, 2.45) is 5.92 Å². The topological polar surface area (TPSA) is 98.4 Å². The molecule has 0 saturated heterocycles. The number of fused-ring (bicyclic) bond motifs is 1. The lowest BCUT2D eigenvalue weighted by Crippen LogP contribution is -2.50. The number of hydrogen-bond donors (Lipinski definition) is 3. The monoisotopic (exact) mass is 449 g/mol. The Balaban J connectivity index is 1.72. The van der Waals surface area contributed by atoms with Gasteiger partial charge in [0.25, 0.3) is 5.56 Å². The maximum Gasteiger partial charge on any atom is 0.313 e. The molecule has 4 rings (SSSR count). The first-order chi connectivity index (χ1) is 15.9. The molecule has 1 aromatic heterocycles. The Morgan fingerprint density at radius 3 is 2.39 bits per heavy atom. The molecule has 1 aliphatic rings. The van der Waals surface area contributed by atoms with Crippen LogP contribution in [-0.4, -0.2) is 40.0 Å². The minimum Gasteiger partial charge on any atom is -0.460 e. The fourth-order valence-electron chi connectivity index (χ4n) is 4.91. The highest BCUT2D eigenvalue weighted by atomic mass is 16.5. The number of aromatic amines is 2. The molecule has 0 bridgehead atoms. The second-order valence-corrected chi connectivity index (χ2v) is 8.82. The second kappa shape index (κ2) is 9.27. The van der Waals surface area contributed by atoms with Crippen molar-refractivity contribution < 1.29 is 14.6 Å². The van der Waals surface area contributed by atoms with Crippen LogP contribution in [0.1, 0.15) is 49.1 Å². The zero-order valence-corrected chi connectivity index (χ0v) is 19.3. The van der Waals surface area contributed by atoms with Gasteiger partial charge in [-0.25, -0.2) is 0 Å². The summed E-state index contributed by atoms with van der Waals surface area (Å²) in [6.07, 6.45) is 0.153. The molecule has 0 unspecified atom stereocenters. The molecular formula is C26H31N3O4. The van der Waals surface area contributed by atoms with Gasteiger partial charge in [0.05, 0.1) is 11.5 Å². The highest BCUT2D eigenvalue weighted by molar-refractivity contribution is 5.77. The van der Waals surface area contributed by atoms with Crippen LogP contribution in [0.5, 0.6) is 0 Å². The van der Waals surface area contributed by atoms with Crippen molar-refractivity contribution in [3.05, 3.63) is 87.3 Å². The van der Waals surface area contributed by atoms with Gasteiger partial charge in [-0.3, -0.25) is 14.7 Å². The van der Waals surface area contributed by atoms with E-state index in [0.717, 1.165) is 29.9 Å². The molecule has 174 valence electrons. The predicted octanol–water partition coefficient (Wildman–Crippen LogP) is 3.35. The van der Waals surface area contributed by atoms with E-state index >= 15 is 0 Å². The van der Waals surface area contributed by atoms with E-state index < -0.39 is 23.4 Å². The standard InChI is InChI=1S/C26H31N3O4/c1-4-29(5-2)19-13-11-18(12-14-19)21-22-20(27-28-24(22)30)15-26(3,32)23(21)25(31)33-16-17-9-7-6-8-10-17/h6-14,21,23,32H,4-5,15-16H2,1-3H3,(H2,27,28,30)/t21-,23-,26+/m1/s1. The molecule has 3 aromatic rings. The molecule has 1 aliphatic carbocycles. The molecule has 7 nitrogen and oxygen atoms in total. The summed E-state index contributed by atoms with van der Waals surface area (Å²) in [5, 5.41) is 16.9. The summed E-state index contributed by atoms with van der Waals surface area (Å²) in [6.45, 7) is 7.69. The van der Waals surface area contributed by atoms with Crippen LogP contribution < -0.4 is 10.5 Å². The van der Waals surface area contributed by atoms with E-state index in [1.165, 1.54) is 0 Å². The van der Waals surface area contributed by atoms with Gasteiger partial charge < -0.3 is 19.8 Å². The average molecular weight is 450 g/mol. The van der Waals surface area contributed by atoms with E-state index in [0.29, 0.717) is 11.3 Å². The van der Waals surface area contributed by atoms with Crippen LogP contribution in [0.15, 0.2) is 59.4 Å². The van der Waals surface area contributed by atoms with Crippen LogP contribution in [0.4, 0.5) is 5.69 Å². The van der Waals surface area contributed by atoms with Crippen molar-refractivity contribution in [2.75, 3.05) is 18.0 Å². The number of aromatic nitrogens is 2. The molecule has 0 fully saturated rings. The fraction of sp³-hybridized carbons (Fsp3) is 0.385. The van der Waals surface area contributed by atoms with Gasteiger partial charge in [0, 0.05) is 42.4 Å². The van der Waals surface area contributed by atoms with Crippen LogP contribution >= 0.6 is 0 Å². The van der Waals surface area contributed by atoms with Crippen molar-refractivity contribution in [3.63, 3.8) is 0 Å². The smallest absolute Gasteiger partial charge is 0.313 e. The number of carbonyl (C=O) groups is 1. The minimum absolute atomic E-state index is 0.107. The van der Waals surface area contributed by atoms with E-state index in [1.807, 2.05) is 54.6 Å².